The topological polar surface area (TPSA) is 622 Å². The summed E-state index contributed by atoms with van der Waals surface area (Å²) in [5, 5.41) is 72.9. The first-order valence-corrected chi connectivity index (χ1v) is 50.6. The van der Waals surface area contributed by atoms with Gasteiger partial charge in [0.05, 0.1) is 110 Å². The van der Waals surface area contributed by atoms with Gasteiger partial charge < -0.3 is 125 Å². The van der Waals surface area contributed by atoms with Crippen LogP contribution in [0.2, 0.25) is 0 Å². The number of para-hydroxylation sites is 1. The molecule has 0 aliphatic carbocycles. The van der Waals surface area contributed by atoms with Gasteiger partial charge in [0, 0.05) is 198 Å². The van der Waals surface area contributed by atoms with E-state index in [-0.39, 0.29) is 243 Å². The quantitative estimate of drug-likeness (QED) is 0.00774. The van der Waals surface area contributed by atoms with Crippen molar-refractivity contribution < 1.29 is 191 Å². The van der Waals surface area contributed by atoms with Crippen molar-refractivity contribution in [2.75, 3.05) is 138 Å². The van der Waals surface area contributed by atoms with Crippen molar-refractivity contribution in [2.24, 2.45) is 11.8 Å². The summed E-state index contributed by atoms with van der Waals surface area (Å²) in [6.45, 7) is 0.989. The number of nitrogens with zero attached hydrogens (tertiary/aromatic N) is 8. The molecule has 6 atom stereocenters. The molecule has 2 aliphatic heterocycles. The molecule has 0 saturated heterocycles. The number of anilines is 1. The molecular formula is C97H134ILuN14O32P. The largest absolute Gasteiger partial charge is 0.481 e. The molecule has 3 heterocycles. The van der Waals surface area contributed by atoms with Gasteiger partial charge in [0.1, 0.15) is 61.6 Å². The maximum Gasteiger partial charge on any atom is 0.328 e. The van der Waals surface area contributed by atoms with Crippen LogP contribution < -0.4 is 36.8 Å². The summed E-state index contributed by atoms with van der Waals surface area (Å²) in [4.78, 5) is 233. The van der Waals surface area contributed by atoms with Crippen molar-refractivity contribution in [3.05, 3.63) is 137 Å². The Hall–Kier alpha value is -11.7. The van der Waals surface area contributed by atoms with Crippen molar-refractivity contribution in [3.8, 4) is 22.5 Å². The number of benzene rings is 3. The minimum atomic E-state index is -4.56. The second-order valence-corrected chi connectivity index (χ2v) is 37.0. The van der Waals surface area contributed by atoms with E-state index in [1.807, 2.05) is 72.8 Å². The fraction of sp³-hybridized carbons (Fsp3) is 0.536. The number of esters is 3. The van der Waals surface area contributed by atoms with E-state index in [0.717, 1.165) is 26.7 Å². The molecule has 4 unspecified atom stereocenters. The number of amides is 7. The van der Waals surface area contributed by atoms with Crippen LogP contribution >= 0.6 is 30.2 Å². The smallest absolute Gasteiger partial charge is 0.328 e. The van der Waals surface area contributed by atoms with Crippen LogP contribution in [0.3, 0.4) is 0 Å². The summed E-state index contributed by atoms with van der Waals surface area (Å²) in [6, 6.07) is 18.6. The molecule has 3 aromatic carbocycles. The van der Waals surface area contributed by atoms with Crippen molar-refractivity contribution in [3.63, 3.8) is 0 Å². The van der Waals surface area contributed by atoms with Gasteiger partial charge in [-0.2, -0.15) is 0 Å². The van der Waals surface area contributed by atoms with E-state index in [4.69, 9.17) is 42.8 Å². The standard InChI is InChI=1S/C97H134IN14O32P.Lu/c1-137-88(123)64-108-46-44-107(45-47-109(65-89(124)138-2)49-51-110(50-48-108)66-90(125)139-3)63-85(119)101-42-16-43-112-92-75-21-7-6-18-70(75)62-111(80-25-9-8-22-76(80)91(92)105-106-112)86(120)37-33-73(113)20-14-52-140-55-57-142-59-60-143-58-56-141-54-39-84(118)102-77(93(126)104-79(97(133)134)23-10-12-41-99-81(115)26-13-17-68-27-31-72(98)32-28-68)34-36-82(116)100-40-11-4-5-19-74(114)61-69(94(127)128)29-35-83(117)103-78(96(131)132)24-15-53-144-145(135,136)67-71(95(129)130)30-38-87(121)122;/h6-9,18,21-22,25,27-28,31-32,44-51,69,71,77-79H,4-5,10-17,19-20,23-24,26,29-30,33-43,52-67H2,1-3H3,(H,99,115)(H,100,116)(H,101,119)(H,102,118)(H,103,117)(H,104,126)(H,121,122)(H,127,128)(H,129,130)(H,131,132)(H,133,134)(H,135,136);/b46-44-,47-45-,50-48-,51-49?;/t69-,71?,77?,78+,79?;/m1./s1. The summed E-state index contributed by atoms with van der Waals surface area (Å²) >= 11 is 2.21. The summed E-state index contributed by atoms with van der Waals surface area (Å²) in [7, 11) is -0.822. The van der Waals surface area contributed by atoms with E-state index in [0.29, 0.717) is 80.6 Å². The van der Waals surface area contributed by atoms with E-state index < -0.39 is 153 Å². The van der Waals surface area contributed by atoms with Crippen LogP contribution in [0.15, 0.2) is 122 Å². The monoisotopic (exact) mass is 2340 g/mol. The van der Waals surface area contributed by atoms with Crippen LogP contribution in [0.4, 0.5) is 5.69 Å². The molecule has 0 saturated carbocycles. The second kappa shape index (κ2) is 70.2. The van der Waals surface area contributed by atoms with E-state index in [2.05, 4.69) is 64.8 Å². The summed E-state index contributed by atoms with van der Waals surface area (Å²) in [5.41, 5.74) is 5.19. The molecule has 0 spiro atoms. The molecule has 146 heavy (non-hydrogen) atoms. The van der Waals surface area contributed by atoms with E-state index in [1.165, 1.54) is 73.2 Å². The third-order valence-corrected chi connectivity index (χ3v) is 24.9. The number of Topliss-reactive ketones (excluding diaryl/α,β-unsaturated/α-hetero) is 2. The maximum absolute atomic E-state index is 14.3. The van der Waals surface area contributed by atoms with Gasteiger partial charge in [-0.25, -0.2) is 14.3 Å². The number of halogens is 1. The zero-order valence-electron chi connectivity index (χ0n) is 82.0. The van der Waals surface area contributed by atoms with Crippen molar-refractivity contribution in [1.82, 2.24) is 66.5 Å². The number of aromatic nitrogens is 3. The van der Waals surface area contributed by atoms with Gasteiger partial charge in [-0.1, -0.05) is 66.2 Å². The minimum absolute atomic E-state index is 0. The van der Waals surface area contributed by atoms with Gasteiger partial charge in [0.25, 0.3) is 0 Å². The molecule has 2 aliphatic rings. The first-order valence-electron chi connectivity index (χ1n) is 47.8. The normalized spacial score (nSPS) is 14.3. The molecule has 811 valence electrons. The molecule has 7 amide bonds. The van der Waals surface area contributed by atoms with E-state index in [1.54, 1.807) is 26.9 Å². The molecule has 1 aromatic heterocycles. The molecule has 0 bridgehead atoms. The van der Waals surface area contributed by atoms with Crippen LogP contribution in [-0.4, -0.2) is 317 Å². The van der Waals surface area contributed by atoms with Crippen LogP contribution in [0.25, 0.3) is 22.5 Å². The van der Waals surface area contributed by atoms with E-state index >= 15 is 0 Å². The number of carboxylic acids is 5. The number of carboxylic acid groups (broad SMARTS) is 5. The molecular weight excluding hydrogens is 2210 g/mol. The van der Waals surface area contributed by atoms with Gasteiger partial charge in [-0.05, 0) is 142 Å². The number of aryl methyl sites for hydroxylation is 2. The molecule has 49 heteroatoms. The van der Waals surface area contributed by atoms with Gasteiger partial charge >= 0.3 is 55.4 Å². The number of hydrogen-bond acceptors (Lipinski definition) is 32. The molecule has 6 rings (SSSR count). The Morgan fingerprint density at radius 1 is 0.432 bits per heavy atom. The average molecular weight is 2340 g/mol. The molecule has 1 radical (unpaired) electrons. The number of methoxy groups -OCH3 is 3. The average Bonchev–Trinajstić information content (AvgIpc) is 1.54. The Bertz CT molecular complexity index is 5060. The van der Waals surface area contributed by atoms with Gasteiger partial charge in [0.15, 0.2) is 0 Å². The molecule has 0 fully saturated rings. The summed E-state index contributed by atoms with van der Waals surface area (Å²) in [6.07, 6.45) is 12.0. The summed E-state index contributed by atoms with van der Waals surface area (Å²) < 4.78 is 57.4. The van der Waals surface area contributed by atoms with Crippen molar-refractivity contribution in [2.45, 2.75) is 192 Å². The van der Waals surface area contributed by atoms with Crippen LogP contribution in [0.5, 0.6) is 0 Å². The number of carbonyl (C=O) groups excluding carboxylic acids is 12. The first kappa shape index (κ1) is 125. The van der Waals surface area contributed by atoms with Crippen LogP contribution in [-0.2, 0) is 143 Å². The Morgan fingerprint density at radius 3 is 1.51 bits per heavy atom. The molecule has 12 N–H and O–H groups in total. The predicted molar refractivity (Wildman–Crippen MR) is 529 cm³/mol. The third kappa shape index (κ3) is 50.6. The zero-order chi connectivity index (χ0) is 106. The second-order valence-electron chi connectivity index (χ2n) is 33.9. The number of ether oxygens (including phenoxy) is 7. The Morgan fingerprint density at radius 2 is 0.925 bits per heavy atom. The number of fused-ring (bicyclic) bond motifs is 5. The number of ketones is 2. The number of carbonyl (C=O) groups is 17. The van der Waals surface area contributed by atoms with E-state index in [9.17, 15) is 111 Å². The van der Waals surface area contributed by atoms with Crippen LogP contribution in [0, 0.1) is 52.3 Å². The minimum Gasteiger partial charge on any atom is -0.481 e. The SMILES string of the molecule is COC(=O)CN1C=CN(CC(=O)OC)/C=C\N(CC(=O)OC)/C=C\N(CC(=O)NCCCn2nnc3c2-c2ccccc2CN(C(=O)CCC(=O)CCCOCCOCCOCCOCCC(=O)NC(CCC(=O)NCCCCCC(=O)C[C@@H](CCC(=O)N[C@@H](CCCOP(=O)(O)CC(CCC(=O)O)C(=O)O)C(=O)O)C(=O)O)C(=O)NC(CCCCNC(=O)CCCc2ccc(I)cc2)C(=O)O)c2ccccc2-3)/C=C\1.[Lu]. The van der Waals surface area contributed by atoms with Crippen molar-refractivity contribution >= 4 is 137 Å². The number of aliphatic carboxylic acids is 5. The molecule has 4 aromatic rings. The number of unbranched alkanes of at least 4 members (excludes halogenated alkanes) is 3. The maximum atomic E-state index is 14.3. The number of hydrogen-bond donors (Lipinski definition) is 12. The Labute approximate surface area is 888 Å². The Kier molecular flexibility index (Phi) is 60.0. The summed E-state index contributed by atoms with van der Waals surface area (Å²) in [5.74, 6) is -15.8. The van der Waals surface area contributed by atoms with Gasteiger partial charge in [-0.3, -0.25) is 76.5 Å². The first-order chi connectivity index (χ1) is 69.5. The van der Waals surface area contributed by atoms with Crippen LogP contribution in [0.1, 0.15) is 165 Å². The van der Waals surface area contributed by atoms with Crippen molar-refractivity contribution in [1.29, 1.82) is 0 Å². The van der Waals surface area contributed by atoms with Gasteiger partial charge in [0.2, 0.25) is 41.4 Å². The van der Waals surface area contributed by atoms with Gasteiger partial charge in [-0.15, -0.1) is 5.10 Å². The Balaban J connectivity index is 0.0000375. The zero-order valence-corrected chi connectivity index (χ0v) is 86.7. The predicted octanol–water partition coefficient (Wildman–Crippen LogP) is 6.16. The third-order valence-electron chi connectivity index (χ3n) is 22.7. The fourth-order valence-corrected chi connectivity index (χ4v) is 16.5. The fourth-order valence-electron chi connectivity index (χ4n) is 14.7. The number of nitrogens with one attached hydrogen (secondary N) is 6. The molecule has 46 nitrogen and oxygen atoms in total. The number of rotatable bonds is 72.